The molecule has 1 atom stereocenters. The number of aromatic nitrogens is 1. The predicted octanol–water partition coefficient (Wildman–Crippen LogP) is 0.726. The lowest BCUT2D eigenvalue weighted by Gasteiger charge is -2.08. The zero-order chi connectivity index (χ0) is 10.7. The van der Waals surface area contributed by atoms with Crippen LogP contribution in [0.15, 0.2) is 5.51 Å². The highest BCUT2D eigenvalue weighted by Crippen LogP contribution is 2.20. The third-order valence-electron chi connectivity index (χ3n) is 1.49. The van der Waals surface area contributed by atoms with Crippen LogP contribution in [0.3, 0.4) is 0 Å². The minimum atomic E-state index is -1.17. The molecule has 0 aliphatic carbocycles. The number of hydrogen-bond donors (Lipinski definition) is 3. The molecule has 0 aromatic carbocycles. The Morgan fingerprint density at radius 1 is 1.57 bits per heavy atom. The van der Waals surface area contributed by atoms with Crippen molar-refractivity contribution in [1.82, 2.24) is 4.98 Å². The first-order chi connectivity index (χ1) is 6.52. The first kappa shape index (κ1) is 10.5. The van der Waals surface area contributed by atoms with Gasteiger partial charge in [-0.25, -0.2) is 9.78 Å². The number of nitrogens with zero attached hydrogens (tertiary/aromatic N) is 1. The molecule has 1 unspecified atom stereocenters. The van der Waals surface area contributed by atoms with Gasteiger partial charge in [-0.1, -0.05) is 0 Å². The third kappa shape index (κ3) is 2.19. The second-order valence-electron chi connectivity index (χ2n) is 2.54. The van der Waals surface area contributed by atoms with Crippen molar-refractivity contribution in [2.24, 2.45) is 0 Å². The summed E-state index contributed by atoms with van der Waals surface area (Å²) in [5.74, 6) is -2.22. The Labute approximate surface area is 83.2 Å². The fourth-order valence-corrected chi connectivity index (χ4v) is 1.52. The normalized spacial score (nSPS) is 12.1. The van der Waals surface area contributed by atoms with Gasteiger partial charge in [0, 0.05) is 0 Å². The average molecular weight is 216 g/mol. The van der Waals surface area contributed by atoms with Gasteiger partial charge in [0.1, 0.15) is 11.0 Å². The Morgan fingerprint density at radius 2 is 2.21 bits per heavy atom. The van der Waals surface area contributed by atoms with E-state index in [9.17, 15) is 9.59 Å². The Balaban J connectivity index is 2.81. The summed E-state index contributed by atoms with van der Waals surface area (Å²) in [6, 6.07) is -0.839. The molecule has 1 aromatic rings. The maximum Gasteiger partial charge on any atom is 0.357 e. The SMILES string of the molecule is CC(Nc1scnc1C(=O)O)C(=O)O. The van der Waals surface area contributed by atoms with Crippen LogP contribution in [-0.2, 0) is 4.79 Å². The summed E-state index contributed by atoms with van der Waals surface area (Å²) in [4.78, 5) is 24.7. The third-order valence-corrected chi connectivity index (χ3v) is 2.25. The molecule has 0 saturated carbocycles. The summed E-state index contributed by atoms with van der Waals surface area (Å²) in [6.45, 7) is 1.42. The van der Waals surface area contributed by atoms with Crippen molar-refractivity contribution < 1.29 is 19.8 Å². The molecular formula is C7H8N2O4S. The Morgan fingerprint density at radius 3 is 2.71 bits per heavy atom. The van der Waals surface area contributed by atoms with Gasteiger partial charge >= 0.3 is 11.9 Å². The van der Waals surface area contributed by atoms with Crippen molar-refractivity contribution in [2.45, 2.75) is 13.0 Å². The number of carboxylic acids is 2. The molecule has 3 N–H and O–H groups in total. The van der Waals surface area contributed by atoms with E-state index >= 15 is 0 Å². The van der Waals surface area contributed by atoms with Crippen molar-refractivity contribution in [3.05, 3.63) is 11.2 Å². The number of carbonyl (C=O) groups is 2. The van der Waals surface area contributed by atoms with E-state index in [1.807, 2.05) is 0 Å². The van der Waals surface area contributed by atoms with Gasteiger partial charge in [-0.05, 0) is 6.92 Å². The molecule has 14 heavy (non-hydrogen) atoms. The molecule has 1 rings (SSSR count). The van der Waals surface area contributed by atoms with Crippen LogP contribution in [0.4, 0.5) is 5.00 Å². The molecule has 0 aliphatic heterocycles. The molecule has 0 saturated heterocycles. The number of nitrogens with one attached hydrogen (secondary N) is 1. The number of aliphatic carboxylic acids is 1. The van der Waals surface area contributed by atoms with Crippen LogP contribution in [0.25, 0.3) is 0 Å². The van der Waals surface area contributed by atoms with Crippen LogP contribution in [0.2, 0.25) is 0 Å². The molecule has 76 valence electrons. The summed E-state index contributed by atoms with van der Waals surface area (Å²) in [5, 5.41) is 20.1. The van der Waals surface area contributed by atoms with E-state index in [2.05, 4.69) is 10.3 Å². The van der Waals surface area contributed by atoms with Crippen LogP contribution < -0.4 is 5.32 Å². The molecule has 0 spiro atoms. The Hall–Kier alpha value is -1.63. The molecule has 0 fully saturated rings. The van der Waals surface area contributed by atoms with Gasteiger partial charge in [-0.2, -0.15) is 0 Å². The van der Waals surface area contributed by atoms with Gasteiger partial charge in [-0.15, -0.1) is 11.3 Å². The second kappa shape index (κ2) is 4.05. The Kier molecular flexibility index (Phi) is 3.03. The molecule has 0 radical (unpaired) electrons. The smallest absolute Gasteiger partial charge is 0.357 e. The number of anilines is 1. The highest BCUT2D eigenvalue weighted by atomic mass is 32.1. The van der Waals surface area contributed by atoms with E-state index in [1.165, 1.54) is 12.4 Å². The van der Waals surface area contributed by atoms with E-state index in [4.69, 9.17) is 10.2 Å². The van der Waals surface area contributed by atoms with Crippen molar-refractivity contribution >= 4 is 28.3 Å². The number of hydrogen-bond acceptors (Lipinski definition) is 5. The van der Waals surface area contributed by atoms with Gasteiger partial charge in [0.2, 0.25) is 0 Å². The van der Waals surface area contributed by atoms with Crippen molar-refractivity contribution in [2.75, 3.05) is 5.32 Å². The molecular weight excluding hydrogens is 208 g/mol. The predicted molar refractivity (Wildman–Crippen MR) is 49.8 cm³/mol. The lowest BCUT2D eigenvalue weighted by molar-refractivity contribution is -0.137. The van der Waals surface area contributed by atoms with E-state index in [0.717, 1.165) is 11.3 Å². The number of rotatable bonds is 4. The molecule has 0 aliphatic rings. The summed E-state index contributed by atoms with van der Waals surface area (Å²) in [6.07, 6.45) is 0. The molecule has 1 aromatic heterocycles. The minimum Gasteiger partial charge on any atom is -0.480 e. The van der Waals surface area contributed by atoms with Crippen LogP contribution >= 0.6 is 11.3 Å². The van der Waals surface area contributed by atoms with Crippen molar-refractivity contribution in [1.29, 1.82) is 0 Å². The largest absolute Gasteiger partial charge is 0.480 e. The van der Waals surface area contributed by atoms with Gasteiger partial charge in [0.25, 0.3) is 0 Å². The second-order valence-corrected chi connectivity index (χ2v) is 3.39. The van der Waals surface area contributed by atoms with Crippen LogP contribution in [0, 0.1) is 0 Å². The van der Waals surface area contributed by atoms with E-state index in [0.29, 0.717) is 0 Å². The Bertz CT molecular complexity index is 362. The molecule has 1 heterocycles. The lowest BCUT2D eigenvalue weighted by atomic mass is 10.3. The fourth-order valence-electron chi connectivity index (χ4n) is 0.759. The van der Waals surface area contributed by atoms with Gasteiger partial charge in [0.05, 0.1) is 5.51 Å². The van der Waals surface area contributed by atoms with E-state index < -0.39 is 18.0 Å². The minimum absolute atomic E-state index is 0.150. The molecule has 0 bridgehead atoms. The number of aromatic carboxylic acids is 1. The van der Waals surface area contributed by atoms with Crippen LogP contribution in [0.1, 0.15) is 17.4 Å². The van der Waals surface area contributed by atoms with Crippen LogP contribution in [0.5, 0.6) is 0 Å². The highest BCUT2D eigenvalue weighted by molar-refractivity contribution is 7.14. The summed E-state index contributed by atoms with van der Waals surface area (Å²) in [7, 11) is 0. The zero-order valence-electron chi connectivity index (χ0n) is 7.22. The maximum absolute atomic E-state index is 10.6. The molecule has 6 nitrogen and oxygen atoms in total. The first-order valence-electron chi connectivity index (χ1n) is 3.68. The van der Waals surface area contributed by atoms with E-state index in [-0.39, 0.29) is 10.7 Å². The van der Waals surface area contributed by atoms with Gasteiger partial charge in [-0.3, -0.25) is 4.79 Å². The fraction of sp³-hybridized carbons (Fsp3) is 0.286. The van der Waals surface area contributed by atoms with Crippen molar-refractivity contribution in [3.63, 3.8) is 0 Å². The molecule has 7 heteroatoms. The summed E-state index contributed by atoms with van der Waals surface area (Å²) in [5.41, 5.74) is 1.20. The summed E-state index contributed by atoms with van der Waals surface area (Å²) >= 11 is 1.06. The van der Waals surface area contributed by atoms with Gasteiger partial charge in [0.15, 0.2) is 5.69 Å². The topological polar surface area (TPSA) is 99.5 Å². The standard InChI is InChI=1S/C7H8N2O4S/c1-3(6(10)11)9-5-4(7(12)13)8-2-14-5/h2-3,9H,1H3,(H,10,11)(H,12,13). The lowest BCUT2D eigenvalue weighted by Crippen LogP contribution is -2.25. The number of thiazole rings is 1. The van der Waals surface area contributed by atoms with Crippen LogP contribution in [-0.4, -0.2) is 33.2 Å². The zero-order valence-corrected chi connectivity index (χ0v) is 8.04. The highest BCUT2D eigenvalue weighted by Gasteiger charge is 2.17. The summed E-state index contributed by atoms with van der Waals surface area (Å²) < 4.78 is 0. The van der Waals surface area contributed by atoms with Crippen molar-refractivity contribution in [3.8, 4) is 0 Å². The monoisotopic (exact) mass is 216 g/mol. The first-order valence-corrected chi connectivity index (χ1v) is 4.56. The maximum atomic E-state index is 10.6. The quantitative estimate of drug-likeness (QED) is 0.686. The van der Waals surface area contributed by atoms with Gasteiger partial charge < -0.3 is 15.5 Å². The molecule has 0 amide bonds. The average Bonchev–Trinajstić information content (AvgIpc) is 2.52. The number of carboxylic acid groups (broad SMARTS) is 2. The van der Waals surface area contributed by atoms with E-state index in [1.54, 1.807) is 0 Å².